The zero-order chi connectivity index (χ0) is 18.9. The summed E-state index contributed by atoms with van der Waals surface area (Å²) >= 11 is 0. The Morgan fingerprint density at radius 2 is 1.81 bits per heavy atom. The SMILES string of the molecule is C[C@@H]1c2ccc(F)cc2CCN1C(=O)CN1C(=O)[C@@H]2[C@@H](C1=O)[C@H]1C=C[C@H]2C1. The van der Waals surface area contributed by atoms with Gasteiger partial charge in [0, 0.05) is 6.54 Å². The van der Waals surface area contributed by atoms with Gasteiger partial charge in [0.15, 0.2) is 0 Å². The molecule has 2 bridgehead atoms. The molecule has 140 valence electrons. The van der Waals surface area contributed by atoms with Crippen molar-refractivity contribution in [3.8, 4) is 0 Å². The van der Waals surface area contributed by atoms with Crippen molar-refractivity contribution in [2.75, 3.05) is 13.1 Å². The maximum atomic E-state index is 13.4. The molecule has 3 amide bonds. The molecule has 5 atom stereocenters. The number of imide groups is 1. The number of fused-ring (bicyclic) bond motifs is 6. The summed E-state index contributed by atoms with van der Waals surface area (Å²) in [6, 6.07) is 4.44. The first kappa shape index (κ1) is 16.7. The number of carbonyl (C=O) groups excluding carboxylic acids is 3. The molecular weight excluding hydrogens is 347 g/mol. The molecule has 2 aliphatic heterocycles. The minimum Gasteiger partial charge on any atom is -0.334 e. The van der Waals surface area contributed by atoms with Crippen LogP contribution in [0.5, 0.6) is 0 Å². The molecule has 1 aromatic carbocycles. The van der Waals surface area contributed by atoms with E-state index in [1.807, 2.05) is 19.1 Å². The standard InChI is InChI=1S/C21H21FN2O3/c1-11-16-5-4-15(22)9-12(16)6-7-23(11)17(25)10-24-20(26)18-13-2-3-14(8-13)19(18)21(24)27/h2-5,9,11,13-14,18-19H,6-8,10H2,1H3/t11-,13+,14+,18+,19+/m1/s1. The monoisotopic (exact) mass is 368 g/mol. The van der Waals surface area contributed by atoms with E-state index in [2.05, 4.69) is 0 Å². The van der Waals surface area contributed by atoms with Crippen molar-refractivity contribution in [3.05, 3.63) is 47.3 Å². The number of carbonyl (C=O) groups is 3. The molecule has 0 aromatic heterocycles. The molecule has 0 radical (unpaired) electrons. The van der Waals surface area contributed by atoms with Gasteiger partial charge in [0.1, 0.15) is 12.4 Å². The van der Waals surface area contributed by atoms with Crippen LogP contribution >= 0.6 is 0 Å². The Bertz CT molecular complexity index is 865. The Morgan fingerprint density at radius 1 is 1.15 bits per heavy atom. The highest BCUT2D eigenvalue weighted by molar-refractivity contribution is 6.08. The van der Waals surface area contributed by atoms with Crippen molar-refractivity contribution >= 4 is 17.7 Å². The number of nitrogens with zero attached hydrogens (tertiary/aromatic N) is 2. The second kappa shape index (κ2) is 5.75. The molecule has 4 aliphatic rings. The predicted molar refractivity (Wildman–Crippen MR) is 94.7 cm³/mol. The Labute approximate surface area is 156 Å². The number of hydrogen-bond donors (Lipinski definition) is 0. The zero-order valence-corrected chi connectivity index (χ0v) is 15.1. The molecular formula is C21H21FN2O3. The van der Waals surface area contributed by atoms with Gasteiger partial charge in [-0.15, -0.1) is 0 Å². The molecule has 1 saturated carbocycles. The first-order chi connectivity index (χ1) is 13.0. The number of likely N-dealkylation sites (tertiary alicyclic amines) is 1. The van der Waals surface area contributed by atoms with Gasteiger partial charge in [-0.25, -0.2) is 4.39 Å². The summed E-state index contributed by atoms with van der Waals surface area (Å²) in [5, 5.41) is 0. The highest BCUT2D eigenvalue weighted by Gasteiger charge is 2.59. The van der Waals surface area contributed by atoms with Crippen LogP contribution in [0.15, 0.2) is 30.4 Å². The average molecular weight is 368 g/mol. The van der Waals surface area contributed by atoms with E-state index in [1.54, 1.807) is 11.0 Å². The Hall–Kier alpha value is -2.50. The lowest BCUT2D eigenvalue weighted by Gasteiger charge is -2.36. The Kier molecular flexibility index (Phi) is 3.55. The van der Waals surface area contributed by atoms with Crippen LogP contribution in [0, 0.1) is 29.5 Å². The maximum Gasteiger partial charge on any atom is 0.243 e. The minimum atomic E-state index is -0.275. The summed E-state index contributed by atoms with van der Waals surface area (Å²) in [6.07, 6.45) is 5.55. The van der Waals surface area contributed by atoms with E-state index in [4.69, 9.17) is 0 Å². The van der Waals surface area contributed by atoms with Gasteiger partial charge in [0.05, 0.1) is 17.9 Å². The van der Waals surface area contributed by atoms with Crippen molar-refractivity contribution in [2.45, 2.75) is 25.8 Å². The van der Waals surface area contributed by atoms with Crippen LogP contribution in [0.1, 0.15) is 30.5 Å². The summed E-state index contributed by atoms with van der Waals surface area (Å²) in [5.41, 5.74) is 1.84. The van der Waals surface area contributed by atoms with Gasteiger partial charge in [-0.05, 0) is 54.9 Å². The number of hydrogen-bond acceptors (Lipinski definition) is 3. The second-order valence-electron chi connectivity index (χ2n) is 8.12. The Morgan fingerprint density at radius 3 is 2.48 bits per heavy atom. The van der Waals surface area contributed by atoms with E-state index >= 15 is 0 Å². The van der Waals surface area contributed by atoms with Crippen LogP contribution in [0.25, 0.3) is 0 Å². The number of benzene rings is 1. The van der Waals surface area contributed by atoms with Crippen molar-refractivity contribution in [2.24, 2.45) is 23.7 Å². The van der Waals surface area contributed by atoms with Crippen LogP contribution in [0.2, 0.25) is 0 Å². The quantitative estimate of drug-likeness (QED) is 0.593. The summed E-state index contributed by atoms with van der Waals surface area (Å²) in [4.78, 5) is 41.4. The number of rotatable bonds is 2. The first-order valence-electron chi connectivity index (χ1n) is 9.57. The van der Waals surface area contributed by atoms with E-state index in [9.17, 15) is 18.8 Å². The molecule has 2 heterocycles. The van der Waals surface area contributed by atoms with Gasteiger partial charge in [0.2, 0.25) is 17.7 Å². The molecule has 2 fully saturated rings. The normalized spacial score (nSPS) is 33.6. The molecule has 27 heavy (non-hydrogen) atoms. The number of allylic oxidation sites excluding steroid dienone is 2. The lowest BCUT2D eigenvalue weighted by atomic mass is 9.85. The highest BCUT2D eigenvalue weighted by Crippen LogP contribution is 2.52. The van der Waals surface area contributed by atoms with Crippen LogP contribution in [-0.2, 0) is 20.8 Å². The van der Waals surface area contributed by atoms with Crippen LogP contribution < -0.4 is 0 Å². The molecule has 2 aliphatic carbocycles. The lowest BCUT2D eigenvalue weighted by molar-refractivity contribution is -0.148. The van der Waals surface area contributed by atoms with E-state index in [0.717, 1.165) is 17.5 Å². The molecule has 1 aromatic rings. The van der Waals surface area contributed by atoms with E-state index < -0.39 is 0 Å². The summed E-state index contributed by atoms with van der Waals surface area (Å²) in [7, 11) is 0. The van der Waals surface area contributed by atoms with Crippen LogP contribution in [0.3, 0.4) is 0 Å². The fourth-order valence-electron chi connectivity index (χ4n) is 5.49. The third-order valence-corrected chi connectivity index (χ3v) is 6.82. The predicted octanol–water partition coefficient (Wildman–Crippen LogP) is 2.08. The van der Waals surface area contributed by atoms with Crippen molar-refractivity contribution < 1.29 is 18.8 Å². The van der Waals surface area contributed by atoms with Gasteiger partial charge < -0.3 is 4.90 Å². The van der Waals surface area contributed by atoms with Gasteiger partial charge >= 0.3 is 0 Å². The zero-order valence-electron chi connectivity index (χ0n) is 15.1. The third kappa shape index (κ3) is 2.32. The molecule has 6 heteroatoms. The topological polar surface area (TPSA) is 57.7 Å². The Balaban J connectivity index is 1.33. The largest absolute Gasteiger partial charge is 0.334 e. The third-order valence-electron chi connectivity index (χ3n) is 6.82. The van der Waals surface area contributed by atoms with E-state index in [1.165, 1.54) is 17.0 Å². The minimum absolute atomic E-state index is 0.146. The molecule has 0 N–H and O–H groups in total. The highest BCUT2D eigenvalue weighted by atomic mass is 19.1. The molecule has 5 rings (SSSR count). The fraction of sp³-hybridized carbons (Fsp3) is 0.476. The van der Waals surface area contributed by atoms with Crippen LogP contribution in [0.4, 0.5) is 4.39 Å². The maximum absolute atomic E-state index is 13.4. The van der Waals surface area contributed by atoms with Gasteiger partial charge in [-0.2, -0.15) is 0 Å². The van der Waals surface area contributed by atoms with Crippen molar-refractivity contribution in [1.29, 1.82) is 0 Å². The van der Waals surface area contributed by atoms with E-state index in [-0.39, 0.29) is 59.8 Å². The van der Waals surface area contributed by atoms with Gasteiger partial charge in [-0.3, -0.25) is 19.3 Å². The van der Waals surface area contributed by atoms with Crippen LogP contribution in [-0.4, -0.2) is 40.6 Å². The molecule has 0 unspecified atom stereocenters. The first-order valence-corrected chi connectivity index (χ1v) is 9.57. The van der Waals surface area contributed by atoms with Gasteiger partial charge in [0.25, 0.3) is 0 Å². The number of halogens is 1. The molecule has 5 nitrogen and oxygen atoms in total. The lowest BCUT2D eigenvalue weighted by Crippen LogP contribution is -2.46. The fourth-order valence-corrected chi connectivity index (χ4v) is 5.49. The summed E-state index contributed by atoms with van der Waals surface area (Å²) in [5.74, 6) is -1.14. The van der Waals surface area contributed by atoms with E-state index in [0.29, 0.717) is 13.0 Å². The molecule has 1 saturated heterocycles. The second-order valence-corrected chi connectivity index (χ2v) is 8.12. The van der Waals surface area contributed by atoms with Crippen molar-refractivity contribution in [1.82, 2.24) is 9.80 Å². The summed E-state index contributed by atoms with van der Waals surface area (Å²) in [6.45, 7) is 2.18. The molecule has 0 spiro atoms. The average Bonchev–Trinajstić information content (AvgIpc) is 3.32. The van der Waals surface area contributed by atoms with Crippen molar-refractivity contribution in [3.63, 3.8) is 0 Å². The summed E-state index contributed by atoms with van der Waals surface area (Å²) < 4.78 is 13.4. The van der Waals surface area contributed by atoms with Gasteiger partial charge in [-0.1, -0.05) is 18.2 Å². The smallest absolute Gasteiger partial charge is 0.243 e. The number of amides is 3.